The van der Waals surface area contributed by atoms with Gasteiger partial charge in [0.25, 0.3) is 0 Å². The van der Waals surface area contributed by atoms with Crippen LogP contribution in [0.25, 0.3) is 22.1 Å². The van der Waals surface area contributed by atoms with Crippen molar-refractivity contribution in [3.8, 4) is 0 Å². The van der Waals surface area contributed by atoms with Crippen molar-refractivity contribution in [3.05, 3.63) is 48.5 Å². The van der Waals surface area contributed by atoms with Crippen LogP contribution in [0.4, 0.5) is 0 Å². The molecule has 2 aromatic carbocycles. The zero-order valence-corrected chi connectivity index (χ0v) is 11.9. The van der Waals surface area contributed by atoms with E-state index in [1.165, 1.54) is 0 Å². The Morgan fingerprint density at radius 3 is 1.58 bits per heavy atom. The summed E-state index contributed by atoms with van der Waals surface area (Å²) < 4.78 is 0. The van der Waals surface area contributed by atoms with Gasteiger partial charge in [0, 0.05) is 0 Å². The minimum Gasteiger partial charge on any atom is -0.305 e. The van der Waals surface area contributed by atoms with Crippen LogP contribution in [-0.2, 0) is 9.59 Å². The van der Waals surface area contributed by atoms with E-state index < -0.39 is 11.9 Å². The van der Waals surface area contributed by atoms with Gasteiger partial charge in [-0.3, -0.25) is 0 Å². The van der Waals surface area contributed by atoms with Crippen molar-refractivity contribution < 1.29 is 19.3 Å². The first-order chi connectivity index (χ1) is 11.7. The Labute approximate surface area is 133 Å². The summed E-state index contributed by atoms with van der Waals surface area (Å²) >= 11 is 0. The molecule has 2 heterocycles. The molecular weight excluding hydrogens is 316 g/mol. The Morgan fingerprint density at radius 1 is 0.708 bits per heavy atom. The fraction of sp³-hybridized carbons (Fsp3) is 0. The molecule has 0 aliphatic rings. The lowest BCUT2D eigenvalue weighted by Crippen LogP contribution is -2.35. The van der Waals surface area contributed by atoms with Gasteiger partial charge in [0.15, 0.2) is 0 Å². The predicted molar refractivity (Wildman–Crippen MR) is 78.2 cm³/mol. The Hall–Kier alpha value is -3.82. The Kier molecular flexibility index (Phi) is 3.12. The molecule has 0 N–H and O–H groups in total. The second kappa shape index (κ2) is 5.43. The molecule has 118 valence electrons. The number of aromatic nitrogens is 6. The largest absolute Gasteiger partial charge is 0.445 e. The zero-order valence-electron chi connectivity index (χ0n) is 11.9. The quantitative estimate of drug-likeness (QED) is 0.367. The van der Waals surface area contributed by atoms with Gasteiger partial charge in [0.1, 0.15) is 22.1 Å². The van der Waals surface area contributed by atoms with Crippen molar-refractivity contribution in [1.82, 2.24) is 30.3 Å². The third kappa shape index (κ3) is 2.31. The maximum Gasteiger partial charge on any atom is 0.445 e. The molecule has 0 radical (unpaired) electrons. The van der Waals surface area contributed by atoms with E-state index >= 15 is 0 Å². The molecule has 0 saturated heterocycles. The standard InChI is InChI=1S/C14H8N6O4/c21-13(23-19-11-7-3-1-5-9(11)15-17-19)14(22)24-20-12-8-4-2-6-10(12)16-18-20/h1-8H. The predicted octanol–water partition coefficient (Wildman–Crippen LogP) is -0.213. The number of hydrogen-bond donors (Lipinski definition) is 0. The summed E-state index contributed by atoms with van der Waals surface area (Å²) in [6.07, 6.45) is 0. The third-order valence-corrected chi connectivity index (χ3v) is 3.15. The third-order valence-electron chi connectivity index (χ3n) is 3.15. The van der Waals surface area contributed by atoms with Crippen LogP contribution in [-0.4, -0.2) is 42.3 Å². The normalized spacial score (nSPS) is 10.8. The molecule has 0 aliphatic carbocycles. The molecule has 24 heavy (non-hydrogen) atoms. The molecule has 4 aromatic rings. The SMILES string of the molecule is O=C(On1nnc2ccccc21)C(=O)On1nnc2ccccc21. The molecule has 0 amide bonds. The summed E-state index contributed by atoms with van der Waals surface area (Å²) in [5.74, 6) is -2.55. The van der Waals surface area contributed by atoms with E-state index in [4.69, 9.17) is 9.68 Å². The maximum atomic E-state index is 11.9. The zero-order chi connectivity index (χ0) is 16.5. The minimum atomic E-state index is -1.27. The van der Waals surface area contributed by atoms with Crippen molar-refractivity contribution in [3.63, 3.8) is 0 Å². The first-order valence-corrected chi connectivity index (χ1v) is 6.78. The molecule has 10 nitrogen and oxygen atoms in total. The number of nitrogens with zero attached hydrogens (tertiary/aromatic N) is 6. The number of benzene rings is 2. The van der Waals surface area contributed by atoms with Crippen LogP contribution in [0.5, 0.6) is 0 Å². The van der Waals surface area contributed by atoms with Gasteiger partial charge < -0.3 is 9.68 Å². The summed E-state index contributed by atoms with van der Waals surface area (Å²) in [7, 11) is 0. The van der Waals surface area contributed by atoms with Crippen LogP contribution in [0, 0.1) is 0 Å². The van der Waals surface area contributed by atoms with Crippen LogP contribution in [0.2, 0.25) is 0 Å². The fourth-order valence-electron chi connectivity index (χ4n) is 2.06. The molecular formula is C14H8N6O4. The van der Waals surface area contributed by atoms with Crippen LogP contribution in [0.3, 0.4) is 0 Å². The van der Waals surface area contributed by atoms with Crippen LogP contribution < -0.4 is 9.68 Å². The molecule has 10 heteroatoms. The number of carbonyl (C=O) groups is 2. The minimum absolute atomic E-state index is 0.435. The first kappa shape index (κ1) is 13.8. The van der Waals surface area contributed by atoms with Gasteiger partial charge in [-0.2, -0.15) is 0 Å². The van der Waals surface area contributed by atoms with E-state index in [0.29, 0.717) is 22.1 Å². The highest BCUT2D eigenvalue weighted by Crippen LogP contribution is 2.09. The number of fused-ring (bicyclic) bond motifs is 2. The van der Waals surface area contributed by atoms with Gasteiger partial charge in [-0.25, -0.2) is 9.59 Å². The molecule has 0 unspecified atom stereocenters. The highest BCUT2D eigenvalue weighted by atomic mass is 16.8. The van der Waals surface area contributed by atoms with Crippen molar-refractivity contribution in [2.75, 3.05) is 0 Å². The molecule has 0 saturated carbocycles. The van der Waals surface area contributed by atoms with E-state index in [2.05, 4.69) is 20.6 Å². The fourth-order valence-corrected chi connectivity index (χ4v) is 2.06. The highest BCUT2D eigenvalue weighted by Gasteiger charge is 2.23. The molecule has 0 atom stereocenters. The van der Waals surface area contributed by atoms with E-state index in [0.717, 1.165) is 9.69 Å². The monoisotopic (exact) mass is 324 g/mol. The number of carbonyl (C=O) groups excluding carboxylic acids is 2. The topological polar surface area (TPSA) is 114 Å². The molecule has 0 fully saturated rings. The molecule has 0 spiro atoms. The summed E-state index contributed by atoms with van der Waals surface area (Å²) in [4.78, 5) is 35.1. The Balaban J connectivity index is 1.53. The number of rotatable bonds is 2. The second-order valence-electron chi connectivity index (χ2n) is 4.66. The van der Waals surface area contributed by atoms with Gasteiger partial charge in [0.05, 0.1) is 0 Å². The first-order valence-electron chi connectivity index (χ1n) is 6.78. The smallest absolute Gasteiger partial charge is 0.305 e. The van der Waals surface area contributed by atoms with Crippen LogP contribution in [0.1, 0.15) is 0 Å². The van der Waals surface area contributed by atoms with E-state index in [9.17, 15) is 9.59 Å². The number of para-hydroxylation sites is 2. The lowest BCUT2D eigenvalue weighted by atomic mass is 10.3. The Morgan fingerprint density at radius 2 is 1.12 bits per heavy atom. The second-order valence-corrected chi connectivity index (χ2v) is 4.66. The Bertz CT molecular complexity index is 983. The number of hydrogen-bond acceptors (Lipinski definition) is 8. The van der Waals surface area contributed by atoms with Crippen LogP contribution >= 0.6 is 0 Å². The summed E-state index contributed by atoms with van der Waals surface area (Å²) in [5, 5.41) is 14.9. The maximum absolute atomic E-state index is 11.9. The molecule has 2 aromatic heterocycles. The van der Waals surface area contributed by atoms with Crippen molar-refractivity contribution in [2.24, 2.45) is 0 Å². The average Bonchev–Trinajstić information content (AvgIpc) is 3.20. The van der Waals surface area contributed by atoms with E-state index in [1.54, 1.807) is 48.5 Å². The van der Waals surface area contributed by atoms with Gasteiger partial charge in [-0.1, -0.05) is 34.0 Å². The summed E-state index contributed by atoms with van der Waals surface area (Å²) in [6.45, 7) is 0. The van der Waals surface area contributed by atoms with Crippen molar-refractivity contribution >= 4 is 34.0 Å². The van der Waals surface area contributed by atoms with Crippen molar-refractivity contribution in [1.29, 1.82) is 0 Å². The molecule has 0 aliphatic heterocycles. The highest BCUT2D eigenvalue weighted by molar-refractivity contribution is 6.30. The summed E-state index contributed by atoms with van der Waals surface area (Å²) in [6, 6.07) is 13.6. The van der Waals surface area contributed by atoms with Crippen LogP contribution in [0.15, 0.2) is 48.5 Å². The van der Waals surface area contributed by atoms with Gasteiger partial charge in [-0.05, 0) is 34.7 Å². The lowest BCUT2D eigenvalue weighted by molar-refractivity contribution is -0.169. The summed E-state index contributed by atoms with van der Waals surface area (Å²) in [5.41, 5.74) is 1.90. The van der Waals surface area contributed by atoms with E-state index in [1.807, 2.05) is 0 Å². The van der Waals surface area contributed by atoms with Gasteiger partial charge in [-0.15, -0.1) is 10.2 Å². The molecule has 4 rings (SSSR count). The lowest BCUT2D eigenvalue weighted by Gasteiger charge is -2.03. The van der Waals surface area contributed by atoms with E-state index in [-0.39, 0.29) is 0 Å². The molecule has 0 bridgehead atoms. The van der Waals surface area contributed by atoms with Crippen molar-refractivity contribution in [2.45, 2.75) is 0 Å². The van der Waals surface area contributed by atoms with Gasteiger partial charge >= 0.3 is 11.9 Å². The van der Waals surface area contributed by atoms with Gasteiger partial charge in [0.2, 0.25) is 0 Å². The average molecular weight is 324 g/mol.